The third-order valence-corrected chi connectivity index (χ3v) is 6.83. The van der Waals surface area contributed by atoms with E-state index < -0.39 is 124 Å². The van der Waals surface area contributed by atoms with Gasteiger partial charge >= 0.3 is 6.29 Å². The van der Waals surface area contributed by atoms with Crippen molar-refractivity contribution in [3.63, 3.8) is 0 Å². The van der Waals surface area contributed by atoms with Gasteiger partial charge in [0.1, 0.15) is 11.6 Å². The fraction of sp³-hybridized carbons (Fsp3) is 0.464. The number of aliphatic hydroxyl groups is 2. The van der Waals surface area contributed by atoms with Crippen LogP contribution in [0, 0.1) is 5.82 Å². The number of carbonyl (C=O) groups excluding carboxylic acids is 1. The summed E-state index contributed by atoms with van der Waals surface area (Å²) >= 11 is 0. The second kappa shape index (κ2) is 8.77. The summed E-state index contributed by atoms with van der Waals surface area (Å²) in [7, 11) is 0. The lowest BCUT2D eigenvalue weighted by atomic mass is 9.86. The Morgan fingerprint density at radius 1 is 1.24 bits per heavy atom. The van der Waals surface area contributed by atoms with Gasteiger partial charge in [0, 0.05) is 22.9 Å². The van der Waals surface area contributed by atoms with E-state index in [2.05, 4.69) is 9.47 Å². The number of fused-ring (bicyclic) bond motifs is 2. The fourth-order valence-corrected chi connectivity index (χ4v) is 4.20. The Bertz CT molecular complexity index is 1900. The summed E-state index contributed by atoms with van der Waals surface area (Å²) in [4.78, 5) is 13.9. The SMILES string of the molecule is [2H]c1c([2H])c(C2(C(=O)Cc3c(F)c([2H])c4c(c3[2H])c([2H])c(C(C)(C)CC)n4C([2H])([2H])[C@]([2H])(O)C([2H])([2H])O)CC2)c([2H])c2c1OC(F)(F)O2. The average molecular weight is 529 g/mol. The van der Waals surface area contributed by atoms with E-state index in [0.29, 0.717) is 4.57 Å². The van der Waals surface area contributed by atoms with Crippen molar-refractivity contribution in [2.75, 3.05) is 6.56 Å². The minimum Gasteiger partial charge on any atom is -0.395 e. The van der Waals surface area contributed by atoms with Crippen molar-refractivity contribution in [3.05, 3.63) is 58.9 Å². The molecular weight excluding hydrogens is 487 g/mol. The van der Waals surface area contributed by atoms with Gasteiger partial charge in [-0.25, -0.2) is 4.39 Å². The van der Waals surface area contributed by atoms with Crippen LogP contribution in [0.3, 0.4) is 0 Å². The molecule has 1 saturated carbocycles. The highest BCUT2D eigenvalue weighted by Gasteiger charge is 2.52. The number of hydrogen-bond donors (Lipinski definition) is 2. The fourth-order valence-electron chi connectivity index (χ4n) is 4.20. The molecule has 0 saturated heterocycles. The summed E-state index contributed by atoms with van der Waals surface area (Å²) in [6, 6.07) is -5.17. The molecule has 2 aromatic carbocycles. The Hall–Kier alpha value is -3.04. The van der Waals surface area contributed by atoms with Crippen LogP contribution in [0.2, 0.25) is 0 Å². The molecule has 1 aromatic heterocycles. The molecule has 2 heterocycles. The standard InChI is InChI=1S/C28H30F3NO5/c1-4-26(2,3)24-10-17-9-16(20(29)13-21(17)32(24)14-19(34)15-33)11-25(35)27(7-8-27)18-5-6-22-23(12-18)37-28(30,31)36-22/h5-6,9-10,12-13,19,33-34H,4,7-8,11,14-15H2,1-3H3/t19-/m0/s1/i5D,6D,9D,10D,12D,13D,14D2,15D2,19D. The molecule has 6 nitrogen and oxygen atoms in total. The predicted molar refractivity (Wildman–Crippen MR) is 131 cm³/mol. The van der Waals surface area contributed by atoms with Crippen molar-refractivity contribution >= 4 is 16.7 Å². The molecule has 9 heteroatoms. The van der Waals surface area contributed by atoms with Gasteiger partial charge in [0.05, 0.1) is 45.1 Å². The van der Waals surface area contributed by atoms with Crippen LogP contribution in [0.1, 0.15) is 71.9 Å². The van der Waals surface area contributed by atoms with Crippen LogP contribution in [-0.4, -0.2) is 39.5 Å². The first kappa shape index (κ1) is 15.4. The number of Topliss-reactive ketones (excluding diaryl/α,β-unsaturated/α-hetero) is 1. The van der Waals surface area contributed by atoms with Crippen molar-refractivity contribution in [1.29, 1.82) is 0 Å². The minimum atomic E-state index is -4.23. The van der Waals surface area contributed by atoms with Crippen molar-refractivity contribution in [1.82, 2.24) is 4.57 Å². The quantitative estimate of drug-likeness (QED) is 0.409. The summed E-state index contributed by atoms with van der Waals surface area (Å²) in [6.07, 6.45) is -9.16. The highest BCUT2D eigenvalue weighted by Crippen LogP contribution is 2.52. The molecule has 0 bridgehead atoms. The van der Waals surface area contributed by atoms with Gasteiger partial charge in [0.2, 0.25) is 0 Å². The van der Waals surface area contributed by atoms with Crippen molar-refractivity contribution in [3.8, 4) is 11.5 Å². The van der Waals surface area contributed by atoms with Crippen LogP contribution in [0.5, 0.6) is 11.5 Å². The van der Waals surface area contributed by atoms with E-state index in [1.165, 1.54) is 13.8 Å². The molecule has 1 fully saturated rings. The zero-order chi connectivity index (χ0) is 36.5. The summed E-state index contributed by atoms with van der Waals surface area (Å²) in [5.74, 6) is -4.18. The molecule has 0 amide bonds. The molecule has 2 N–H and O–H groups in total. The van der Waals surface area contributed by atoms with Crippen LogP contribution in [0.25, 0.3) is 10.9 Å². The van der Waals surface area contributed by atoms with E-state index in [1.807, 2.05) is 0 Å². The van der Waals surface area contributed by atoms with Crippen LogP contribution in [0.4, 0.5) is 13.2 Å². The van der Waals surface area contributed by atoms with Gasteiger partial charge in [-0.05, 0) is 60.6 Å². The first-order valence-corrected chi connectivity index (χ1v) is 11.4. The lowest BCUT2D eigenvalue weighted by Crippen LogP contribution is -2.26. The molecule has 1 atom stereocenters. The van der Waals surface area contributed by atoms with Crippen LogP contribution in [0.15, 0.2) is 36.3 Å². The Morgan fingerprint density at radius 3 is 2.59 bits per heavy atom. The van der Waals surface area contributed by atoms with Crippen LogP contribution >= 0.6 is 0 Å². The van der Waals surface area contributed by atoms with E-state index in [9.17, 15) is 23.8 Å². The molecule has 0 unspecified atom stereocenters. The first-order valence-electron chi connectivity index (χ1n) is 16.9. The molecule has 1 aliphatic heterocycles. The zero-order valence-corrected chi connectivity index (χ0v) is 20.0. The topological polar surface area (TPSA) is 80.9 Å². The van der Waals surface area contributed by atoms with E-state index >= 15 is 4.39 Å². The molecule has 37 heavy (non-hydrogen) atoms. The smallest absolute Gasteiger partial charge is 0.395 e. The predicted octanol–water partition coefficient (Wildman–Crippen LogP) is 4.99. The summed E-state index contributed by atoms with van der Waals surface area (Å²) in [5.41, 5.74) is -5.39. The molecule has 0 spiro atoms. The van der Waals surface area contributed by atoms with Crippen molar-refractivity contribution < 1.29 is 52.7 Å². The second-order valence-electron chi connectivity index (χ2n) is 9.64. The lowest BCUT2D eigenvalue weighted by molar-refractivity contribution is -0.286. The molecule has 0 radical (unpaired) electrons. The van der Waals surface area contributed by atoms with Gasteiger partial charge < -0.3 is 24.3 Å². The number of ether oxygens (including phenoxy) is 2. The number of hydrogen-bond acceptors (Lipinski definition) is 5. The van der Waals surface area contributed by atoms with Crippen LogP contribution < -0.4 is 9.47 Å². The molecule has 198 valence electrons. The summed E-state index contributed by atoms with van der Waals surface area (Å²) in [6.45, 7) is -2.97. The highest BCUT2D eigenvalue weighted by atomic mass is 19.3. The van der Waals surface area contributed by atoms with E-state index in [4.69, 9.17) is 15.1 Å². The maximum atomic E-state index is 16.2. The van der Waals surface area contributed by atoms with Gasteiger partial charge in [-0.15, -0.1) is 8.78 Å². The Morgan fingerprint density at radius 2 is 1.95 bits per heavy atom. The molecule has 1 aliphatic carbocycles. The number of aromatic nitrogens is 1. The molecule has 2 aliphatic rings. The largest absolute Gasteiger partial charge is 0.586 e. The van der Waals surface area contributed by atoms with Gasteiger partial charge in [0.25, 0.3) is 0 Å². The maximum absolute atomic E-state index is 16.2. The lowest BCUT2D eigenvalue weighted by Gasteiger charge is -2.26. The number of alkyl halides is 2. The minimum absolute atomic E-state index is 0.0512. The number of ketones is 1. The number of benzene rings is 2. The van der Waals surface area contributed by atoms with E-state index in [-0.39, 0.29) is 25.0 Å². The Kier molecular flexibility index (Phi) is 3.65. The number of rotatable bonds is 9. The van der Waals surface area contributed by atoms with Gasteiger partial charge in [-0.1, -0.05) is 26.8 Å². The number of halogens is 3. The number of nitrogens with zero attached hydrogens (tertiary/aromatic N) is 1. The van der Waals surface area contributed by atoms with Gasteiger partial charge in [0.15, 0.2) is 11.5 Å². The van der Waals surface area contributed by atoms with E-state index in [1.54, 1.807) is 6.92 Å². The van der Waals surface area contributed by atoms with Gasteiger partial charge in [-0.2, -0.15) is 0 Å². The second-order valence-corrected chi connectivity index (χ2v) is 9.64. The average Bonchev–Trinajstić information content (AvgIpc) is 3.59. The first-order chi connectivity index (χ1) is 21.7. The summed E-state index contributed by atoms with van der Waals surface area (Å²) in [5, 5.41) is 20.0. The highest BCUT2D eigenvalue weighted by molar-refractivity contribution is 5.95. The zero-order valence-electron chi connectivity index (χ0n) is 31.0. The summed E-state index contributed by atoms with van der Waals surface area (Å²) < 4.78 is 145. The monoisotopic (exact) mass is 528 g/mol. The third-order valence-electron chi connectivity index (χ3n) is 6.83. The Labute approximate surface area is 228 Å². The molecule has 5 rings (SSSR count). The molecular formula is C28H30F3NO5. The van der Waals surface area contributed by atoms with Crippen molar-refractivity contribution in [2.45, 2.75) is 76.2 Å². The van der Waals surface area contributed by atoms with Crippen LogP contribution in [-0.2, 0) is 28.5 Å². The Balaban J connectivity index is 1.72. The number of carbonyl (C=O) groups is 1. The third kappa shape index (κ3) is 4.48. The molecule has 3 aromatic rings. The van der Waals surface area contributed by atoms with Crippen molar-refractivity contribution in [2.24, 2.45) is 0 Å². The normalized spacial score (nSPS) is 24.2. The van der Waals surface area contributed by atoms with E-state index in [0.717, 1.165) is 0 Å². The van der Waals surface area contributed by atoms with Gasteiger partial charge in [-0.3, -0.25) is 4.79 Å². The maximum Gasteiger partial charge on any atom is 0.586 e.